The summed E-state index contributed by atoms with van der Waals surface area (Å²) in [6.07, 6.45) is 15.3. The lowest BCUT2D eigenvalue weighted by Gasteiger charge is -2.63. The number of amides is 2. The van der Waals surface area contributed by atoms with Crippen molar-refractivity contribution in [3.05, 3.63) is 35.1 Å². The van der Waals surface area contributed by atoms with Gasteiger partial charge in [-0.15, -0.1) is 0 Å². The van der Waals surface area contributed by atoms with Gasteiger partial charge in [-0.1, -0.05) is 58.9 Å². The number of hydrogen-bond donors (Lipinski definition) is 4. The molecule has 2 amide bonds. The van der Waals surface area contributed by atoms with Gasteiger partial charge < -0.3 is 40.4 Å². The fourth-order valence-electron chi connectivity index (χ4n) is 9.97. The quantitative estimate of drug-likeness (QED) is 0.0842. The zero-order chi connectivity index (χ0) is 38.9. The number of piperidine rings is 1. The monoisotopic (exact) mass is 752 g/mol. The van der Waals surface area contributed by atoms with Crippen molar-refractivity contribution >= 4 is 17.8 Å². The lowest BCUT2D eigenvalue weighted by atomic mass is 9.45. The highest BCUT2D eigenvalue weighted by molar-refractivity contribution is 5.82. The Morgan fingerprint density at radius 3 is 2.19 bits per heavy atom. The van der Waals surface area contributed by atoms with Gasteiger partial charge in [0.1, 0.15) is 5.76 Å². The van der Waals surface area contributed by atoms with Crippen LogP contribution < -0.4 is 30.7 Å². The van der Waals surface area contributed by atoms with Gasteiger partial charge in [-0.3, -0.25) is 14.4 Å². The van der Waals surface area contributed by atoms with E-state index < -0.39 is 0 Å². The average molecular weight is 752 g/mol. The minimum atomic E-state index is -0.357. The molecule has 54 heavy (non-hydrogen) atoms. The Kier molecular flexibility index (Phi) is 14.9. The summed E-state index contributed by atoms with van der Waals surface area (Å²) in [7, 11) is 7.58. The zero-order valence-corrected chi connectivity index (χ0v) is 34.2. The van der Waals surface area contributed by atoms with Crippen molar-refractivity contribution in [3.8, 4) is 11.5 Å². The summed E-state index contributed by atoms with van der Waals surface area (Å²) in [5, 5.41) is 12.4. The number of nitrogens with zero attached hydrogens (tertiary/aromatic N) is 1. The van der Waals surface area contributed by atoms with Crippen molar-refractivity contribution in [1.82, 2.24) is 26.2 Å². The van der Waals surface area contributed by atoms with E-state index in [-0.39, 0.29) is 52.7 Å². The van der Waals surface area contributed by atoms with Crippen molar-refractivity contribution in [1.29, 1.82) is 0 Å². The Hall–Kier alpha value is -3.15. The Morgan fingerprint density at radius 2 is 1.57 bits per heavy atom. The zero-order valence-electron chi connectivity index (χ0n) is 34.2. The molecule has 1 spiro atoms. The van der Waals surface area contributed by atoms with Crippen LogP contribution in [0.3, 0.4) is 0 Å². The lowest BCUT2D eigenvalue weighted by Crippen LogP contribution is -2.69. The molecule has 2 bridgehead atoms. The van der Waals surface area contributed by atoms with E-state index in [9.17, 15) is 14.4 Å². The Labute approximate surface area is 324 Å². The first-order chi connectivity index (χ1) is 26.1. The molecule has 0 radical (unpaired) electrons. The van der Waals surface area contributed by atoms with E-state index in [0.29, 0.717) is 44.2 Å². The first-order valence-corrected chi connectivity index (χ1v) is 21.0. The summed E-state index contributed by atoms with van der Waals surface area (Å²) in [6, 6.07) is 4.17. The molecular formula is C43H69N5O6. The molecule has 302 valence electrons. The van der Waals surface area contributed by atoms with E-state index in [2.05, 4.69) is 59.2 Å². The molecule has 1 fully saturated rings. The highest BCUT2D eigenvalue weighted by atomic mass is 16.6. The fourth-order valence-corrected chi connectivity index (χ4v) is 9.97. The number of rotatable bonds is 23. The summed E-state index contributed by atoms with van der Waals surface area (Å²) in [6.45, 7) is 8.77. The number of allylic oxidation sites excluding steroid dienone is 1. The molecule has 2 heterocycles. The van der Waals surface area contributed by atoms with Crippen LogP contribution in [0.1, 0.15) is 122 Å². The third-order valence-corrected chi connectivity index (χ3v) is 13.3. The Balaban J connectivity index is 1.05. The van der Waals surface area contributed by atoms with Crippen molar-refractivity contribution in [3.63, 3.8) is 0 Å². The van der Waals surface area contributed by atoms with Crippen LogP contribution in [-0.4, -0.2) is 94.8 Å². The SMILES string of the molecule is CCCCCC[C@H](NC)C(=O)NCCCC[C@H](NC)C(=O)NCCCC[C@H](CC)C(=O)OC1=CC[C@@]2(C)[C@H]3Cc4ccc(OC)c5c4[C@@]2(CCN3C)[C@H]1O5. The predicted octanol–water partition coefficient (Wildman–Crippen LogP) is 5.54. The van der Waals surface area contributed by atoms with Gasteiger partial charge in [0.2, 0.25) is 11.8 Å². The van der Waals surface area contributed by atoms with Gasteiger partial charge in [0.05, 0.1) is 30.5 Å². The number of hydrogen-bond acceptors (Lipinski definition) is 9. The van der Waals surface area contributed by atoms with Gasteiger partial charge in [-0.25, -0.2) is 0 Å². The summed E-state index contributed by atoms with van der Waals surface area (Å²) >= 11 is 0. The molecule has 0 saturated carbocycles. The number of carbonyl (C=O) groups excluding carboxylic acids is 3. The van der Waals surface area contributed by atoms with Gasteiger partial charge in [0, 0.05) is 30.1 Å². The second kappa shape index (κ2) is 19.1. The smallest absolute Gasteiger partial charge is 0.314 e. The molecule has 11 nitrogen and oxygen atoms in total. The highest BCUT2D eigenvalue weighted by Gasteiger charge is 2.70. The molecule has 2 aliphatic heterocycles. The van der Waals surface area contributed by atoms with Crippen LogP contribution in [0.25, 0.3) is 0 Å². The van der Waals surface area contributed by atoms with Crippen molar-refractivity contribution in [2.75, 3.05) is 47.9 Å². The fraction of sp³-hybridized carbons (Fsp3) is 0.744. The molecule has 0 unspecified atom stereocenters. The number of likely N-dealkylation sites (N-methyl/N-ethyl adjacent to an activating group) is 3. The molecule has 1 aromatic rings. The number of unbranched alkanes of at least 4 members (excludes halogenated alkanes) is 5. The van der Waals surface area contributed by atoms with Crippen molar-refractivity contribution in [2.45, 2.75) is 147 Å². The molecule has 5 rings (SSSR count). The Bertz CT molecular complexity index is 1480. The van der Waals surface area contributed by atoms with E-state index in [1.165, 1.54) is 24.0 Å². The number of ether oxygens (including phenoxy) is 3. The summed E-state index contributed by atoms with van der Waals surface area (Å²) in [5.41, 5.74) is 2.27. The molecule has 4 aliphatic rings. The van der Waals surface area contributed by atoms with Crippen LogP contribution in [0.5, 0.6) is 11.5 Å². The van der Waals surface area contributed by atoms with Crippen LogP contribution >= 0.6 is 0 Å². The van der Waals surface area contributed by atoms with Crippen LogP contribution in [0.4, 0.5) is 0 Å². The van der Waals surface area contributed by atoms with Gasteiger partial charge in [0.15, 0.2) is 17.6 Å². The van der Waals surface area contributed by atoms with Gasteiger partial charge in [0.25, 0.3) is 0 Å². The number of methoxy groups -OCH3 is 1. The maximum absolute atomic E-state index is 13.7. The Morgan fingerprint density at radius 1 is 0.926 bits per heavy atom. The van der Waals surface area contributed by atoms with Crippen LogP contribution in [-0.2, 0) is 31.0 Å². The van der Waals surface area contributed by atoms with E-state index in [1.807, 2.05) is 27.1 Å². The normalized spacial score (nSPS) is 25.4. The number of carbonyl (C=O) groups is 3. The van der Waals surface area contributed by atoms with E-state index in [1.54, 1.807) is 7.11 Å². The summed E-state index contributed by atoms with van der Waals surface area (Å²) in [4.78, 5) is 41.7. The number of esters is 1. The van der Waals surface area contributed by atoms with Crippen molar-refractivity contribution in [2.24, 2.45) is 11.3 Å². The molecule has 2 aliphatic carbocycles. The molecule has 1 aromatic carbocycles. The largest absolute Gasteiger partial charge is 0.493 e. The van der Waals surface area contributed by atoms with Crippen LogP contribution in [0.15, 0.2) is 24.0 Å². The molecule has 1 saturated heterocycles. The molecular weight excluding hydrogens is 683 g/mol. The number of benzene rings is 1. The van der Waals surface area contributed by atoms with E-state index in [0.717, 1.165) is 82.3 Å². The van der Waals surface area contributed by atoms with Crippen molar-refractivity contribution < 1.29 is 28.6 Å². The minimum Gasteiger partial charge on any atom is -0.493 e. The second-order valence-corrected chi connectivity index (χ2v) is 16.4. The topological polar surface area (TPSA) is 130 Å². The lowest BCUT2D eigenvalue weighted by molar-refractivity contribution is -0.150. The number of likely N-dealkylation sites (tertiary alicyclic amines) is 1. The molecule has 0 aromatic heterocycles. The maximum atomic E-state index is 13.7. The maximum Gasteiger partial charge on any atom is 0.314 e. The molecule has 4 N–H and O–H groups in total. The van der Waals surface area contributed by atoms with Gasteiger partial charge >= 0.3 is 5.97 Å². The molecule has 11 heteroatoms. The van der Waals surface area contributed by atoms with Crippen LogP contribution in [0.2, 0.25) is 0 Å². The van der Waals surface area contributed by atoms with Gasteiger partial charge in [-0.2, -0.15) is 0 Å². The predicted molar refractivity (Wildman–Crippen MR) is 213 cm³/mol. The summed E-state index contributed by atoms with van der Waals surface area (Å²) < 4.78 is 18.9. The number of nitrogens with one attached hydrogen (secondary N) is 4. The minimum absolute atomic E-state index is 0.0119. The first kappa shape index (κ1) is 42.0. The second-order valence-electron chi connectivity index (χ2n) is 16.4. The third kappa shape index (κ3) is 8.48. The van der Waals surface area contributed by atoms with E-state index in [4.69, 9.17) is 14.2 Å². The first-order valence-electron chi connectivity index (χ1n) is 21.0. The van der Waals surface area contributed by atoms with Gasteiger partial charge in [-0.05, 0) is 110 Å². The van der Waals surface area contributed by atoms with Crippen LogP contribution in [0, 0.1) is 11.3 Å². The van der Waals surface area contributed by atoms with E-state index >= 15 is 0 Å². The molecule has 7 atom stereocenters. The third-order valence-electron chi connectivity index (χ3n) is 13.3. The highest BCUT2D eigenvalue weighted by Crippen LogP contribution is 2.68. The standard InChI is InChI=1S/C43H69N5O6/c1-8-10-11-12-18-31(44-4)39(49)47-26-16-14-19-32(45-5)40(50)46-25-15-13-17-29(9-2)41(51)53-34-22-23-42(3)35-28-30-20-21-33(52-7)37-36(30)43(42,38(34)54-37)24-27-48(35)6/h20-22,29,31-32,35,38,44-45H,8-19,23-28H2,1-7H3,(H,46,50)(H,47,49)/t29-,31-,32-,35+,38-,42-,43-/m0/s1. The average Bonchev–Trinajstić information content (AvgIpc) is 3.53. The summed E-state index contributed by atoms with van der Waals surface area (Å²) in [5.74, 6) is 1.84.